The van der Waals surface area contributed by atoms with E-state index in [9.17, 15) is 17.6 Å². The van der Waals surface area contributed by atoms with Gasteiger partial charge in [0.2, 0.25) is 15.9 Å². The molecule has 1 aliphatic rings. The van der Waals surface area contributed by atoms with Crippen LogP contribution in [-0.4, -0.2) is 39.4 Å². The lowest BCUT2D eigenvalue weighted by Crippen LogP contribution is -2.41. The first kappa shape index (κ1) is 23.5. The summed E-state index contributed by atoms with van der Waals surface area (Å²) in [5.41, 5.74) is 0.702. The Morgan fingerprint density at radius 2 is 1.77 bits per heavy atom. The van der Waals surface area contributed by atoms with Crippen molar-refractivity contribution in [3.05, 3.63) is 54.0 Å². The van der Waals surface area contributed by atoms with E-state index in [1.165, 1.54) is 24.4 Å². The maximum absolute atomic E-state index is 13.0. The first-order chi connectivity index (χ1) is 14.7. The molecule has 0 unspecified atom stereocenters. The minimum atomic E-state index is -3.67. The van der Waals surface area contributed by atoms with Crippen LogP contribution in [0.4, 0.5) is 10.2 Å². The van der Waals surface area contributed by atoms with E-state index in [0.29, 0.717) is 37.1 Å². The van der Waals surface area contributed by atoms with Gasteiger partial charge >= 0.3 is 0 Å². The molecular formula is C21H27FN4O3S2. The fourth-order valence-corrected chi connectivity index (χ4v) is 5.09. The van der Waals surface area contributed by atoms with Crippen LogP contribution in [0.15, 0.2) is 47.5 Å². The number of amides is 1. The van der Waals surface area contributed by atoms with Crippen LogP contribution >= 0.6 is 12.6 Å². The van der Waals surface area contributed by atoms with Gasteiger partial charge in [-0.05, 0) is 55.5 Å². The van der Waals surface area contributed by atoms with E-state index in [1.807, 2.05) is 14.1 Å². The van der Waals surface area contributed by atoms with E-state index in [2.05, 4.69) is 27.7 Å². The number of hydrogen-bond donors (Lipinski definition) is 3. The summed E-state index contributed by atoms with van der Waals surface area (Å²) in [5.74, 6) is -0.0135. The second kappa shape index (κ2) is 9.97. The minimum absolute atomic E-state index is 0.121. The maximum Gasteiger partial charge on any atom is 0.242 e. The molecule has 0 radical (unpaired) electrons. The van der Waals surface area contributed by atoms with E-state index in [0.717, 1.165) is 0 Å². The fraction of sp³-hybridized carbons (Fsp3) is 0.429. The summed E-state index contributed by atoms with van der Waals surface area (Å²) in [6.45, 7) is 0. The Bertz CT molecular complexity index is 990. The van der Waals surface area contributed by atoms with Crippen molar-refractivity contribution in [2.24, 2.45) is 5.92 Å². The molecule has 1 atom stereocenters. The molecular weight excluding hydrogens is 439 g/mol. The van der Waals surface area contributed by atoms with Gasteiger partial charge < -0.3 is 10.2 Å². The van der Waals surface area contributed by atoms with Crippen molar-refractivity contribution in [1.29, 1.82) is 0 Å². The fourth-order valence-electron chi connectivity index (χ4n) is 3.54. The number of hydrogen-bond acceptors (Lipinski definition) is 6. The minimum Gasteiger partial charge on any atom is -0.363 e. The summed E-state index contributed by atoms with van der Waals surface area (Å²) in [7, 11) is -0.00850. The van der Waals surface area contributed by atoms with Gasteiger partial charge in [-0.2, -0.15) is 0 Å². The largest absolute Gasteiger partial charge is 0.363 e. The Balaban J connectivity index is 1.51. The number of nitrogens with one attached hydrogen (secondary N) is 2. The number of aromatic nitrogens is 1. The molecule has 0 aliphatic heterocycles. The number of carbonyl (C=O) groups excluding carboxylic acids is 1. The summed E-state index contributed by atoms with van der Waals surface area (Å²) >= 11 is 4.39. The van der Waals surface area contributed by atoms with E-state index in [-0.39, 0.29) is 28.6 Å². The normalized spacial score (nSPS) is 20.1. The molecule has 31 heavy (non-hydrogen) atoms. The van der Waals surface area contributed by atoms with Crippen molar-refractivity contribution in [2.75, 3.05) is 19.0 Å². The molecule has 1 fully saturated rings. The molecule has 1 saturated carbocycles. The molecule has 1 aromatic carbocycles. The van der Waals surface area contributed by atoms with Crippen molar-refractivity contribution >= 4 is 34.4 Å². The van der Waals surface area contributed by atoms with Crippen LogP contribution < -0.4 is 14.9 Å². The van der Waals surface area contributed by atoms with Crippen LogP contribution in [0.25, 0.3) is 0 Å². The first-order valence-electron chi connectivity index (χ1n) is 10.1. The lowest BCUT2D eigenvalue weighted by molar-refractivity contribution is -0.126. The zero-order valence-corrected chi connectivity index (χ0v) is 19.2. The Labute approximate surface area is 187 Å². The van der Waals surface area contributed by atoms with Crippen molar-refractivity contribution in [2.45, 2.75) is 42.0 Å². The molecule has 0 saturated heterocycles. The van der Waals surface area contributed by atoms with Crippen LogP contribution in [0.5, 0.6) is 0 Å². The van der Waals surface area contributed by atoms with Crippen LogP contribution in [0.2, 0.25) is 0 Å². The molecule has 1 aliphatic carbocycles. The summed E-state index contributed by atoms with van der Waals surface area (Å²) in [6, 6.07) is 8.78. The van der Waals surface area contributed by atoms with E-state index in [1.54, 1.807) is 23.1 Å². The van der Waals surface area contributed by atoms with Crippen LogP contribution in [0.3, 0.4) is 0 Å². The Hall–Kier alpha value is -2.17. The SMILES string of the molecule is CN(C)c1ccc(S(=O)(=O)NC2CCC(C(=O)N[C@H](S)c3ccc(F)cc3)CC2)cn1. The quantitative estimate of drug-likeness (QED) is 0.431. The number of thiol groups is 1. The van der Waals surface area contributed by atoms with Crippen LogP contribution in [0.1, 0.15) is 36.6 Å². The van der Waals surface area contributed by atoms with Crippen molar-refractivity contribution in [3.63, 3.8) is 0 Å². The highest BCUT2D eigenvalue weighted by Gasteiger charge is 2.30. The third kappa shape index (κ3) is 6.18. The molecule has 168 valence electrons. The Kier molecular flexibility index (Phi) is 7.55. The lowest BCUT2D eigenvalue weighted by atomic mass is 9.86. The van der Waals surface area contributed by atoms with Gasteiger partial charge in [-0.25, -0.2) is 22.5 Å². The average molecular weight is 467 g/mol. The second-order valence-electron chi connectivity index (χ2n) is 7.88. The number of nitrogens with zero attached hydrogens (tertiary/aromatic N) is 2. The van der Waals surface area contributed by atoms with Gasteiger partial charge in [0.1, 0.15) is 16.5 Å². The number of pyridine rings is 1. The maximum atomic E-state index is 13.0. The van der Waals surface area contributed by atoms with Crippen molar-refractivity contribution in [3.8, 4) is 0 Å². The molecule has 0 spiro atoms. The van der Waals surface area contributed by atoms with E-state index >= 15 is 0 Å². The summed E-state index contributed by atoms with van der Waals surface area (Å²) in [4.78, 5) is 18.6. The van der Waals surface area contributed by atoms with Crippen molar-refractivity contribution < 1.29 is 17.6 Å². The first-order valence-corrected chi connectivity index (χ1v) is 12.1. The molecule has 3 rings (SSSR count). The summed E-state index contributed by atoms with van der Waals surface area (Å²) in [5, 5.41) is 2.31. The number of sulfonamides is 1. The molecule has 1 aromatic heterocycles. The molecule has 10 heteroatoms. The zero-order chi connectivity index (χ0) is 22.6. The number of halogens is 1. The molecule has 2 N–H and O–H groups in total. The van der Waals surface area contributed by atoms with E-state index in [4.69, 9.17) is 0 Å². The van der Waals surface area contributed by atoms with Crippen molar-refractivity contribution in [1.82, 2.24) is 15.0 Å². The lowest BCUT2D eigenvalue weighted by Gasteiger charge is -2.29. The van der Waals surface area contributed by atoms with Gasteiger partial charge in [0.25, 0.3) is 0 Å². The van der Waals surface area contributed by atoms with Gasteiger partial charge in [-0.15, -0.1) is 12.6 Å². The van der Waals surface area contributed by atoms with Crippen LogP contribution in [-0.2, 0) is 14.8 Å². The predicted molar refractivity (Wildman–Crippen MR) is 121 cm³/mol. The van der Waals surface area contributed by atoms with Gasteiger partial charge in [0, 0.05) is 32.3 Å². The number of benzene rings is 1. The Morgan fingerprint density at radius 1 is 1.13 bits per heavy atom. The molecule has 1 amide bonds. The third-order valence-corrected chi connectivity index (χ3v) is 7.31. The highest BCUT2D eigenvalue weighted by atomic mass is 32.2. The van der Waals surface area contributed by atoms with Gasteiger partial charge in [-0.3, -0.25) is 4.79 Å². The smallest absolute Gasteiger partial charge is 0.242 e. The monoisotopic (exact) mass is 466 g/mol. The van der Waals surface area contributed by atoms with Gasteiger partial charge in [0.15, 0.2) is 0 Å². The average Bonchev–Trinajstić information content (AvgIpc) is 2.74. The topological polar surface area (TPSA) is 91.4 Å². The zero-order valence-electron chi connectivity index (χ0n) is 17.5. The highest BCUT2D eigenvalue weighted by molar-refractivity contribution is 7.89. The highest BCUT2D eigenvalue weighted by Crippen LogP contribution is 2.27. The number of anilines is 1. The number of rotatable bonds is 7. The summed E-state index contributed by atoms with van der Waals surface area (Å²) in [6.07, 6.45) is 3.61. The van der Waals surface area contributed by atoms with Gasteiger partial charge in [0.05, 0.1) is 5.37 Å². The van der Waals surface area contributed by atoms with E-state index < -0.39 is 15.4 Å². The predicted octanol–water partition coefficient (Wildman–Crippen LogP) is 2.87. The van der Waals surface area contributed by atoms with Gasteiger partial charge in [-0.1, -0.05) is 12.1 Å². The molecule has 2 aromatic rings. The standard InChI is InChI=1S/C21H27FN4O3S2/c1-26(2)19-12-11-18(13-23-19)31(28,29)25-17-9-5-14(6-10-17)20(27)24-21(30)15-3-7-16(22)8-4-15/h3-4,7-8,11-14,17,21,25,30H,5-6,9-10H2,1-2H3,(H,24,27)/t14?,17?,21-/m1/s1. The molecule has 7 nitrogen and oxygen atoms in total. The Morgan fingerprint density at radius 3 is 2.32 bits per heavy atom. The second-order valence-corrected chi connectivity index (χ2v) is 10.1. The third-order valence-electron chi connectivity index (χ3n) is 5.37. The van der Waals surface area contributed by atoms with Crippen LogP contribution in [0, 0.1) is 11.7 Å². The summed E-state index contributed by atoms with van der Waals surface area (Å²) < 4.78 is 41.1. The molecule has 1 heterocycles. The number of carbonyl (C=O) groups is 1. The molecule has 0 bridgehead atoms.